The fourth-order valence-corrected chi connectivity index (χ4v) is 6.68. The SMILES string of the molecule is O=C(Nc1ccc2c(c1)S(=O)(=O)c1cc(NC(=O)c3ccc(Cl)cc3Cl)ccc1-2)c1ccc(Cl)cc1Cl. The zero-order chi connectivity index (χ0) is 26.5. The maximum Gasteiger partial charge on any atom is 0.257 e. The van der Waals surface area contributed by atoms with E-state index in [1.165, 1.54) is 48.5 Å². The van der Waals surface area contributed by atoms with Gasteiger partial charge >= 0.3 is 0 Å². The number of amides is 2. The predicted molar refractivity (Wildman–Crippen MR) is 146 cm³/mol. The second-order valence-corrected chi connectivity index (χ2v) is 11.7. The molecule has 1 aliphatic heterocycles. The minimum absolute atomic E-state index is 0.0340. The Kier molecular flexibility index (Phi) is 6.68. The average molecular weight is 592 g/mol. The molecule has 0 atom stereocenters. The molecule has 37 heavy (non-hydrogen) atoms. The van der Waals surface area contributed by atoms with E-state index in [4.69, 9.17) is 46.4 Å². The normalized spacial score (nSPS) is 13.0. The van der Waals surface area contributed by atoms with Crippen molar-refractivity contribution in [3.05, 3.63) is 104 Å². The topological polar surface area (TPSA) is 92.3 Å². The number of carbonyl (C=O) groups excluding carboxylic acids is 2. The summed E-state index contributed by atoms with van der Waals surface area (Å²) in [5.41, 5.74) is 1.90. The Hall–Kier alpha value is -3.07. The van der Waals surface area contributed by atoms with E-state index in [0.29, 0.717) is 21.2 Å². The second kappa shape index (κ2) is 9.67. The highest BCUT2D eigenvalue weighted by atomic mass is 35.5. The van der Waals surface area contributed by atoms with Crippen LogP contribution in [0.1, 0.15) is 20.7 Å². The van der Waals surface area contributed by atoms with E-state index in [-0.39, 0.29) is 42.3 Å². The summed E-state index contributed by atoms with van der Waals surface area (Å²) >= 11 is 24.0. The molecule has 0 fully saturated rings. The Bertz CT molecular complexity index is 1620. The van der Waals surface area contributed by atoms with Crippen molar-refractivity contribution in [2.45, 2.75) is 9.79 Å². The first-order valence-corrected chi connectivity index (χ1v) is 13.6. The predicted octanol–water partition coefficient (Wildman–Crippen LogP) is 7.62. The van der Waals surface area contributed by atoms with Gasteiger partial charge in [-0.2, -0.15) is 0 Å². The molecule has 1 heterocycles. The number of anilines is 2. The van der Waals surface area contributed by atoms with Gasteiger partial charge in [0.25, 0.3) is 11.8 Å². The molecule has 0 unspecified atom stereocenters. The zero-order valence-corrected chi connectivity index (χ0v) is 22.3. The summed E-state index contributed by atoms with van der Waals surface area (Å²) in [4.78, 5) is 25.4. The molecule has 186 valence electrons. The van der Waals surface area contributed by atoms with Crippen LogP contribution in [0.4, 0.5) is 11.4 Å². The van der Waals surface area contributed by atoms with Gasteiger partial charge in [0.15, 0.2) is 0 Å². The van der Waals surface area contributed by atoms with Gasteiger partial charge < -0.3 is 10.6 Å². The summed E-state index contributed by atoms with van der Waals surface area (Å²) in [6.07, 6.45) is 0. The molecule has 0 radical (unpaired) electrons. The Balaban J connectivity index is 1.42. The number of carbonyl (C=O) groups is 2. The summed E-state index contributed by atoms with van der Waals surface area (Å²) in [5, 5.41) is 6.44. The van der Waals surface area contributed by atoms with Crippen molar-refractivity contribution in [1.82, 2.24) is 0 Å². The number of hydrogen-bond donors (Lipinski definition) is 2. The fourth-order valence-electron chi connectivity index (χ4n) is 3.95. The third kappa shape index (κ3) is 4.81. The Labute approximate surface area is 232 Å². The van der Waals surface area contributed by atoms with Crippen LogP contribution < -0.4 is 10.6 Å². The monoisotopic (exact) mass is 590 g/mol. The van der Waals surface area contributed by atoms with Crippen LogP contribution in [0.2, 0.25) is 20.1 Å². The highest BCUT2D eigenvalue weighted by Gasteiger charge is 2.33. The molecule has 0 aliphatic carbocycles. The lowest BCUT2D eigenvalue weighted by Crippen LogP contribution is -2.13. The number of sulfone groups is 1. The molecule has 1 aliphatic rings. The van der Waals surface area contributed by atoms with Gasteiger partial charge in [0, 0.05) is 32.5 Å². The third-order valence-electron chi connectivity index (χ3n) is 5.70. The number of hydrogen-bond acceptors (Lipinski definition) is 4. The fraction of sp³-hybridized carbons (Fsp3) is 0. The van der Waals surface area contributed by atoms with Crippen LogP contribution in [0.15, 0.2) is 82.6 Å². The van der Waals surface area contributed by atoms with E-state index in [2.05, 4.69) is 10.6 Å². The molecule has 4 aromatic carbocycles. The largest absolute Gasteiger partial charge is 0.322 e. The maximum atomic E-state index is 13.4. The zero-order valence-electron chi connectivity index (χ0n) is 18.5. The van der Waals surface area contributed by atoms with Crippen molar-refractivity contribution < 1.29 is 18.0 Å². The van der Waals surface area contributed by atoms with E-state index >= 15 is 0 Å². The molecule has 2 amide bonds. The van der Waals surface area contributed by atoms with Crippen molar-refractivity contribution in [3.63, 3.8) is 0 Å². The molecule has 0 aromatic heterocycles. The van der Waals surface area contributed by atoms with Gasteiger partial charge in [0.2, 0.25) is 9.84 Å². The standard InChI is InChI=1S/C26H14Cl4N2O4S/c27-13-1-5-19(21(29)9-13)25(33)31-15-3-7-17-18-8-4-16(12-24(18)37(35,36)23(17)11-15)32-26(34)20-6-2-14(28)10-22(20)30/h1-12H,(H,31,33)(H,32,34). The van der Waals surface area contributed by atoms with Gasteiger partial charge in [0.1, 0.15) is 0 Å². The Morgan fingerprint density at radius 1 is 0.568 bits per heavy atom. The smallest absolute Gasteiger partial charge is 0.257 e. The van der Waals surface area contributed by atoms with E-state index < -0.39 is 21.7 Å². The van der Waals surface area contributed by atoms with Gasteiger partial charge in [-0.3, -0.25) is 9.59 Å². The summed E-state index contributed by atoms with van der Waals surface area (Å²) in [6, 6.07) is 18.1. The van der Waals surface area contributed by atoms with Gasteiger partial charge in [-0.1, -0.05) is 58.5 Å². The van der Waals surface area contributed by atoms with Crippen LogP contribution >= 0.6 is 46.4 Å². The number of nitrogens with one attached hydrogen (secondary N) is 2. The number of halogens is 4. The first kappa shape index (κ1) is 25.6. The second-order valence-electron chi connectivity index (χ2n) is 8.08. The van der Waals surface area contributed by atoms with Gasteiger partial charge in [-0.15, -0.1) is 0 Å². The lowest BCUT2D eigenvalue weighted by atomic mass is 10.0. The van der Waals surface area contributed by atoms with Crippen LogP contribution in [0.3, 0.4) is 0 Å². The Morgan fingerprint density at radius 3 is 1.35 bits per heavy atom. The molecule has 4 aromatic rings. The first-order chi connectivity index (χ1) is 17.5. The Morgan fingerprint density at radius 2 is 0.973 bits per heavy atom. The van der Waals surface area contributed by atoms with Crippen molar-refractivity contribution in [3.8, 4) is 11.1 Å². The molecule has 0 spiro atoms. The highest BCUT2D eigenvalue weighted by Crippen LogP contribution is 2.45. The van der Waals surface area contributed by atoms with Crippen LogP contribution in [-0.4, -0.2) is 20.2 Å². The molecule has 11 heteroatoms. The lowest BCUT2D eigenvalue weighted by Gasteiger charge is -2.09. The van der Waals surface area contributed by atoms with Crippen molar-refractivity contribution in [2.24, 2.45) is 0 Å². The summed E-state index contributed by atoms with van der Waals surface area (Å²) in [7, 11) is -3.93. The van der Waals surface area contributed by atoms with Crippen LogP contribution in [0.5, 0.6) is 0 Å². The minimum Gasteiger partial charge on any atom is -0.322 e. The van der Waals surface area contributed by atoms with E-state index in [1.807, 2.05) is 0 Å². The van der Waals surface area contributed by atoms with Crippen LogP contribution in [-0.2, 0) is 9.84 Å². The molecule has 0 bridgehead atoms. The number of rotatable bonds is 4. The molecule has 5 rings (SSSR count). The molecular weight excluding hydrogens is 578 g/mol. The van der Waals surface area contributed by atoms with E-state index in [1.54, 1.807) is 24.3 Å². The number of benzene rings is 4. The quantitative estimate of drug-likeness (QED) is 0.225. The average Bonchev–Trinajstić information content (AvgIpc) is 3.05. The van der Waals surface area contributed by atoms with Gasteiger partial charge in [-0.05, 0) is 60.7 Å². The molecule has 0 saturated carbocycles. The molecule has 6 nitrogen and oxygen atoms in total. The van der Waals surface area contributed by atoms with Crippen LogP contribution in [0.25, 0.3) is 11.1 Å². The van der Waals surface area contributed by atoms with Crippen molar-refractivity contribution in [2.75, 3.05) is 10.6 Å². The minimum atomic E-state index is -3.93. The molecular formula is C26H14Cl4N2O4S. The summed E-state index contributed by atoms with van der Waals surface area (Å²) in [5.74, 6) is -1.03. The molecule has 0 saturated heterocycles. The van der Waals surface area contributed by atoms with Crippen molar-refractivity contribution in [1.29, 1.82) is 0 Å². The molecule has 2 N–H and O–H groups in total. The highest BCUT2D eigenvalue weighted by molar-refractivity contribution is 7.92. The number of fused-ring (bicyclic) bond motifs is 3. The lowest BCUT2D eigenvalue weighted by molar-refractivity contribution is 0.101. The summed E-state index contributed by atoms with van der Waals surface area (Å²) in [6.45, 7) is 0. The summed E-state index contributed by atoms with van der Waals surface area (Å²) < 4.78 is 26.8. The van der Waals surface area contributed by atoms with E-state index in [0.717, 1.165) is 0 Å². The van der Waals surface area contributed by atoms with Gasteiger partial charge in [0.05, 0.1) is 31.0 Å². The van der Waals surface area contributed by atoms with Crippen LogP contribution in [0, 0.1) is 0 Å². The van der Waals surface area contributed by atoms with E-state index in [9.17, 15) is 18.0 Å². The maximum absolute atomic E-state index is 13.4. The third-order valence-corrected chi connectivity index (χ3v) is 8.63. The van der Waals surface area contributed by atoms with Crippen molar-refractivity contribution >= 4 is 79.4 Å². The first-order valence-electron chi connectivity index (χ1n) is 10.6. The van der Waals surface area contributed by atoms with Gasteiger partial charge in [-0.25, -0.2) is 8.42 Å².